The summed E-state index contributed by atoms with van der Waals surface area (Å²) in [6, 6.07) is -3.14. The van der Waals surface area contributed by atoms with Gasteiger partial charge in [0.25, 0.3) is 11.8 Å². The maximum absolute atomic E-state index is 12.3. The van der Waals surface area contributed by atoms with Gasteiger partial charge in [0.1, 0.15) is 6.04 Å². The minimum Gasteiger partial charge on any atom is -0.320 e. The van der Waals surface area contributed by atoms with Crippen molar-refractivity contribution in [2.75, 3.05) is 13.6 Å². The van der Waals surface area contributed by atoms with Crippen molar-refractivity contribution in [3.05, 3.63) is 0 Å². The molecule has 24 heavy (non-hydrogen) atoms. The summed E-state index contributed by atoms with van der Waals surface area (Å²) in [5.74, 6) is -1.12. The lowest BCUT2D eigenvalue weighted by molar-refractivity contribution is -0.142. The van der Waals surface area contributed by atoms with Gasteiger partial charge < -0.3 is 10.6 Å². The average Bonchev–Trinajstić information content (AvgIpc) is 2.69. The zero-order valence-corrected chi connectivity index (χ0v) is 13.9. The predicted octanol–water partition coefficient (Wildman–Crippen LogP) is -2.17. The Labute approximate surface area is 138 Å². The largest absolute Gasteiger partial charge is 0.418 e. The molecular weight excluding hydrogens is 346 g/mol. The highest BCUT2D eigenvalue weighted by molar-refractivity contribution is 7.80. The number of urea groups is 1. The minimum absolute atomic E-state index is 0.0669. The van der Waals surface area contributed by atoms with E-state index in [2.05, 4.69) is 9.71 Å². The molecule has 0 radical (unpaired) electrons. The van der Waals surface area contributed by atoms with Crippen LogP contribution in [0.1, 0.15) is 19.8 Å². The minimum atomic E-state index is -4.85. The molecule has 2 heterocycles. The van der Waals surface area contributed by atoms with Crippen LogP contribution in [0.15, 0.2) is 0 Å². The smallest absolute Gasteiger partial charge is 0.320 e. The summed E-state index contributed by atoms with van der Waals surface area (Å²) in [4.78, 5) is 37.3. The number of amides is 4. The molecule has 3 atom stereocenters. The van der Waals surface area contributed by atoms with E-state index in [0.717, 1.165) is 9.91 Å². The Morgan fingerprint density at radius 3 is 2.62 bits per heavy atom. The van der Waals surface area contributed by atoms with Gasteiger partial charge >= 0.3 is 16.4 Å². The molecule has 2 saturated heterocycles. The monoisotopic (exact) mass is 365 g/mol. The SMILES string of the molecule is C[C@H](N)C(=O)N(C)NC(=O)[C@@H]1CC[C@@H]2CN1C(=O)N2OS(=O)(=O)O. The van der Waals surface area contributed by atoms with Crippen molar-refractivity contribution in [2.45, 2.75) is 37.9 Å². The van der Waals surface area contributed by atoms with E-state index < -0.39 is 46.4 Å². The van der Waals surface area contributed by atoms with Crippen LogP contribution in [0.3, 0.4) is 0 Å². The third kappa shape index (κ3) is 3.75. The Hall–Kier alpha value is -1.96. The van der Waals surface area contributed by atoms with E-state index in [9.17, 15) is 22.8 Å². The number of nitrogens with one attached hydrogen (secondary N) is 1. The Morgan fingerprint density at radius 1 is 1.46 bits per heavy atom. The number of hydrazine groups is 1. The van der Waals surface area contributed by atoms with Gasteiger partial charge in [-0.2, -0.15) is 13.5 Å². The molecule has 2 aliphatic rings. The molecular formula is C11H19N5O7S. The molecule has 136 valence electrons. The number of fused-ring (bicyclic) bond motifs is 2. The molecule has 2 bridgehead atoms. The Bertz CT molecular complexity index is 651. The van der Waals surface area contributed by atoms with Crippen molar-refractivity contribution in [1.29, 1.82) is 0 Å². The second-order valence-corrected chi connectivity index (χ2v) is 6.68. The number of hydrogen-bond acceptors (Lipinski definition) is 7. The van der Waals surface area contributed by atoms with Gasteiger partial charge in [0.15, 0.2) is 0 Å². The summed E-state index contributed by atoms with van der Waals surface area (Å²) in [6.45, 7) is 1.53. The van der Waals surface area contributed by atoms with Crippen LogP contribution in [0.25, 0.3) is 0 Å². The molecule has 2 fully saturated rings. The van der Waals surface area contributed by atoms with Crippen LogP contribution in [-0.2, 0) is 24.3 Å². The molecule has 0 aromatic carbocycles. The molecule has 0 aromatic heterocycles. The van der Waals surface area contributed by atoms with E-state index in [-0.39, 0.29) is 13.0 Å². The number of hydrogen-bond donors (Lipinski definition) is 3. The summed E-state index contributed by atoms with van der Waals surface area (Å²) < 4.78 is 34.6. The van der Waals surface area contributed by atoms with E-state index in [1.54, 1.807) is 0 Å². The lowest BCUT2D eigenvalue weighted by atomic mass is 10.0. The van der Waals surface area contributed by atoms with Crippen LogP contribution in [-0.4, -0.2) is 77.5 Å². The van der Waals surface area contributed by atoms with Crippen molar-refractivity contribution in [1.82, 2.24) is 20.4 Å². The number of rotatable bonds is 4. The summed E-state index contributed by atoms with van der Waals surface area (Å²) in [7, 11) is -3.52. The molecule has 0 aliphatic carbocycles. The fraction of sp³-hybridized carbons (Fsp3) is 0.727. The molecule has 4 amide bonds. The van der Waals surface area contributed by atoms with Crippen LogP contribution < -0.4 is 11.2 Å². The van der Waals surface area contributed by atoms with Gasteiger partial charge in [-0.1, -0.05) is 0 Å². The average molecular weight is 365 g/mol. The fourth-order valence-electron chi connectivity index (χ4n) is 2.70. The normalized spacial score (nSPS) is 24.8. The summed E-state index contributed by atoms with van der Waals surface area (Å²) >= 11 is 0. The molecule has 0 saturated carbocycles. The maximum Gasteiger partial charge on any atom is 0.418 e. The Morgan fingerprint density at radius 2 is 2.08 bits per heavy atom. The van der Waals surface area contributed by atoms with E-state index in [1.807, 2.05) is 0 Å². The van der Waals surface area contributed by atoms with E-state index in [4.69, 9.17) is 10.3 Å². The topological polar surface area (TPSA) is 163 Å². The molecule has 13 heteroatoms. The van der Waals surface area contributed by atoms with Crippen molar-refractivity contribution < 1.29 is 31.6 Å². The summed E-state index contributed by atoms with van der Waals surface area (Å²) in [5, 5.41) is 1.48. The van der Waals surface area contributed by atoms with Gasteiger partial charge in [0.2, 0.25) is 0 Å². The third-order valence-corrected chi connectivity index (χ3v) is 4.15. The first kappa shape index (κ1) is 18.4. The third-order valence-electron chi connectivity index (χ3n) is 3.80. The van der Waals surface area contributed by atoms with Crippen LogP contribution >= 0.6 is 0 Å². The molecule has 2 rings (SSSR count). The number of carbonyl (C=O) groups excluding carboxylic acids is 3. The lowest BCUT2D eigenvalue weighted by Crippen LogP contribution is -2.56. The van der Waals surface area contributed by atoms with Gasteiger partial charge in [-0.25, -0.2) is 4.79 Å². The zero-order valence-electron chi connectivity index (χ0n) is 13.1. The molecule has 0 spiro atoms. The van der Waals surface area contributed by atoms with E-state index >= 15 is 0 Å². The van der Waals surface area contributed by atoms with Crippen molar-refractivity contribution in [2.24, 2.45) is 5.73 Å². The Kier molecular flexibility index (Phi) is 4.98. The molecule has 12 nitrogen and oxygen atoms in total. The predicted molar refractivity (Wildman–Crippen MR) is 77.9 cm³/mol. The van der Waals surface area contributed by atoms with Gasteiger partial charge in [-0.15, -0.1) is 4.28 Å². The van der Waals surface area contributed by atoms with Crippen LogP contribution in [0.2, 0.25) is 0 Å². The van der Waals surface area contributed by atoms with Crippen LogP contribution in [0, 0.1) is 0 Å². The quantitative estimate of drug-likeness (QED) is 0.374. The molecule has 2 aliphatic heterocycles. The summed E-state index contributed by atoms with van der Waals surface area (Å²) in [5.41, 5.74) is 7.78. The number of carbonyl (C=O) groups is 3. The maximum atomic E-state index is 12.3. The molecule has 0 aromatic rings. The first-order valence-corrected chi connectivity index (χ1v) is 8.48. The highest BCUT2D eigenvalue weighted by Gasteiger charge is 2.49. The van der Waals surface area contributed by atoms with Crippen molar-refractivity contribution in [3.63, 3.8) is 0 Å². The van der Waals surface area contributed by atoms with Gasteiger partial charge in [-0.05, 0) is 19.8 Å². The second kappa shape index (κ2) is 6.51. The number of nitrogens with zero attached hydrogens (tertiary/aromatic N) is 3. The fourth-order valence-corrected chi connectivity index (χ4v) is 3.09. The molecule has 4 N–H and O–H groups in total. The van der Waals surface area contributed by atoms with Crippen molar-refractivity contribution in [3.8, 4) is 0 Å². The Balaban J connectivity index is 2.06. The standard InChI is InChI=1S/C11H19N5O7S/c1-6(12)10(18)14(2)13-9(17)8-4-3-7-5-15(8)11(19)16(7)23-24(20,21)22/h6-8H,3-5,12H2,1-2H3,(H,13,17)(H,20,21,22)/t6-,7+,8-/m0/s1. The zero-order chi connectivity index (χ0) is 18.2. The van der Waals surface area contributed by atoms with Crippen molar-refractivity contribution >= 4 is 28.2 Å². The molecule has 0 unspecified atom stereocenters. The highest BCUT2D eigenvalue weighted by atomic mass is 32.3. The van der Waals surface area contributed by atoms with Crippen LogP contribution in [0.4, 0.5) is 4.79 Å². The first-order chi connectivity index (χ1) is 11.0. The summed E-state index contributed by atoms with van der Waals surface area (Å²) in [6.07, 6.45) is 0.536. The van der Waals surface area contributed by atoms with Crippen LogP contribution in [0.5, 0.6) is 0 Å². The first-order valence-electron chi connectivity index (χ1n) is 7.11. The van der Waals surface area contributed by atoms with Gasteiger partial charge in [-0.3, -0.25) is 24.6 Å². The van der Waals surface area contributed by atoms with E-state index in [0.29, 0.717) is 11.5 Å². The number of hydroxylamine groups is 2. The lowest BCUT2D eigenvalue weighted by Gasteiger charge is -2.31. The van der Waals surface area contributed by atoms with Gasteiger partial charge in [0, 0.05) is 13.6 Å². The highest BCUT2D eigenvalue weighted by Crippen LogP contribution is 2.30. The second-order valence-electron chi connectivity index (χ2n) is 5.67. The number of likely N-dealkylation sites (N-methyl/N-ethyl adjacent to an activating group) is 1. The van der Waals surface area contributed by atoms with E-state index in [1.165, 1.54) is 14.0 Å². The number of piperidine rings is 1. The van der Waals surface area contributed by atoms with Gasteiger partial charge in [0.05, 0.1) is 12.1 Å². The number of nitrogens with two attached hydrogens (primary N) is 1.